The highest BCUT2D eigenvalue weighted by molar-refractivity contribution is 5.76. The van der Waals surface area contributed by atoms with Gasteiger partial charge in [-0.15, -0.1) is 0 Å². The maximum atomic E-state index is 11.7. The third kappa shape index (κ3) is 3.91. The first-order valence-electron chi connectivity index (χ1n) is 6.86. The third-order valence-corrected chi connectivity index (χ3v) is 3.09. The van der Waals surface area contributed by atoms with Crippen molar-refractivity contribution in [3.05, 3.63) is 36.2 Å². The van der Waals surface area contributed by atoms with Crippen LogP contribution in [0, 0.1) is 0 Å². The van der Waals surface area contributed by atoms with Gasteiger partial charge in [0.15, 0.2) is 0 Å². The summed E-state index contributed by atoms with van der Waals surface area (Å²) in [4.78, 5) is 16.0. The summed E-state index contributed by atoms with van der Waals surface area (Å²) in [6.07, 6.45) is 1.74. The fourth-order valence-electron chi connectivity index (χ4n) is 1.73. The van der Waals surface area contributed by atoms with Gasteiger partial charge in [0.05, 0.1) is 0 Å². The summed E-state index contributed by atoms with van der Waals surface area (Å²) in [6.45, 7) is 4.02. The summed E-state index contributed by atoms with van der Waals surface area (Å²) in [5, 5.41) is 6.83. The zero-order chi connectivity index (χ0) is 14.4. The van der Waals surface area contributed by atoms with Crippen LogP contribution < -0.4 is 5.32 Å². The molecule has 0 saturated carbocycles. The zero-order valence-electron chi connectivity index (χ0n) is 11.8. The molecule has 5 nitrogen and oxygen atoms in total. The topological polar surface area (TPSA) is 68.0 Å². The number of nitrogens with one attached hydrogen (secondary N) is 1. The summed E-state index contributed by atoms with van der Waals surface area (Å²) in [5.74, 6) is 1.06. The molecular weight excluding hydrogens is 254 g/mol. The van der Waals surface area contributed by atoms with Crippen molar-refractivity contribution in [1.29, 1.82) is 0 Å². The number of nitrogens with zero attached hydrogens (tertiary/aromatic N) is 2. The minimum absolute atomic E-state index is 0.0128. The minimum atomic E-state index is 0.0128. The van der Waals surface area contributed by atoms with Gasteiger partial charge >= 0.3 is 0 Å². The molecule has 0 radical (unpaired) electrons. The van der Waals surface area contributed by atoms with Crippen molar-refractivity contribution < 1.29 is 9.32 Å². The van der Waals surface area contributed by atoms with E-state index in [9.17, 15) is 4.79 Å². The van der Waals surface area contributed by atoms with E-state index in [4.69, 9.17) is 4.52 Å². The SMILES string of the molecule is CC[C@H](C)NC(=O)CCc1nc(-c2ccccc2)no1. The molecule has 0 saturated heterocycles. The highest BCUT2D eigenvalue weighted by Crippen LogP contribution is 2.15. The molecule has 1 aromatic carbocycles. The lowest BCUT2D eigenvalue weighted by Gasteiger charge is -2.10. The van der Waals surface area contributed by atoms with Crippen LogP contribution in [-0.4, -0.2) is 22.1 Å². The summed E-state index contributed by atoms with van der Waals surface area (Å²) < 4.78 is 5.16. The molecule has 0 aliphatic rings. The lowest BCUT2D eigenvalue weighted by atomic mass is 10.2. The molecule has 1 atom stereocenters. The van der Waals surface area contributed by atoms with E-state index in [2.05, 4.69) is 15.5 Å². The van der Waals surface area contributed by atoms with Gasteiger partial charge in [-0.2, -0.15) is 4.98 Å². The molecule has 1 heterocycles. The third-order valence-electron chi connectivity index (χ3n) is 3.09. The number of carbonyl (C=O) groups excluding carboxylic acids is 1. The first kappa shape index (κ1) is 14.2. The lowest BCUT2D eigenvalue weighted by molar-refractivity contribution is -0.121. The summed E-state index contributed by atoms with van der Waals surface area (Å²) in [7, 11) is 0. The molecule has 1 N–H and O–H groups in total. The van der Waals surface area contributed by atoms with Gasteiger partial charge in [-0.3, -0.25) is 4.79 Å². The van der Waals surface area contributed by atoms with Gasteiger partial charge in [-0.25, -0.2) is 0 Å². The van der Waals surface area contributed by atoms with Gasteiger partial charge in [-0.05, 0) is 13.3 Å². The van der Waals surface area contributed by atoms with Crippen LogP contribution in [0.25, 0.3) is 11.4 Å². The Labute approximate surface area is 118 Å². The molecule has 2 rings (SSSR count). The van der Waals surface area contributed by atoms with E-state index in [1.165, 1.54) is 0 Å². The van der Waals surface area contributed by atoms with Crippen molar-refractivity contribution in [2.24, 2.45) is 0 Å². The van der Waals surface area contributed by atoms with Crippen molar-refractivity contribution in [3.8, 4) is 11.4 Å². The summed E-state index contributed by atoms with van der Waals surface area (Å²) in [5.41, 5.74) is 0.909. The van der Waals surface area contributed by atoms with Crippen LogP contribution in [0.2, 0.25) is 0 Å². The number of aromatic nitrogens is 2. The van der Waals surface area contributed by atoms with Crippen LogP contribution in [0.4, 0.5) is 0 Å². The molecule has 0 unspecified atom stereocenters. The van der Waals surface area contributed by atoms with Crippen LogP contribution in [0.1, 0.15) is 32.6 Å². The number of benzene rings is 1. The van der Waals surface area contributed by atoms with Crippen LogP contribution >= 0.6 is 0 Å². The second-order valence-electron chi connectivity index (χ2n) is 4.75. The van der Waals surface area contributed by atoms with E-state index in [1.54, 1.807) is 0 Å². The van der Waals surface area contributed by atoms with Gasteiger partial charge in [0.1, 0.15) is 0 Å². The van der Waals surface area contributed by atoms with Gasteiger partial charge in [0.25, 0.3) is 0 Å². The Morgan fingerprint density at radius 3 is 2.80 bits per heavy atom. The van der Waals surface area contributed by atoms with Crippen LogP contribution in [0.5, 0.6) is 0 Å². The first-order chi connectivity index (χ1) is 9.69. The van der Waals surface area contributed by atoms with Crippen molar-refractivity contribution in [1.82, 2.24) is 15.5 Å². The van der Waals surface area contributed by atoms with Gasteiger partial charge in [-0.1, -0.05) is 42.4 Å². The Balaban J connectivity index is 1.89. The average Bonchev–Trinajstić information content (AvgIpc) is 2.95. The van der Waals surface area contributed by atoms with Crippen LogP contribution in [0.3, 0.4) is 0 Å². The Kier molecular flexibility index (Phi) is 4.87. The molecule has 0 aliphatic carbocycles. The van der Waals surface area contributed by atoms with Crippen molar-refractivity contribution in [3.63, 3.8) is 0 Å². The molecule has 106 valence electrons. The van der Waals surface area contributed by atoms with Gasteiger partial charge in [0, 0.05) is 24.4 Å². The zero-order valence-corrected chi connectivity index (χ0v) is 11.8. The molecule has 1 amide bonds. The molecule has 0 spiro atoms. The van der Waals surface area contributed by atoms with Crippen molar-refractivity contribution in [2.75, 3.05) is 0 Å². The molecular formula is C15H19N3O2. The largest absolute Gasteiger partial charge is 0.354 e. The molecule has 2 aromatic rings. The van der Waals surface area contributed by atoms with E-state index in [0.29, 0.717) is 24.6 Å². The van der Waals surface area contributed by atoms with Crippen molar-refractivity contribution >= 4 is 5.91 Å². The monoisotopic (exact) mass is 273 g/mol. The highest BCUT2D eigenvalue weighted by atomic mass is 16.5. The Bertz CT molecular complexity index is 551. The smallest absolute Gasteiger partial charge is 0.227 e. The second kappa shape index (κ2) is 6.84. The molecule has 20 heavy (non-hydrogen) atoms. The molecule has 0 aliphatic heterocycles. The van der Waals surface area contributed by atoms with E-state index in [0.717, 1.165) is 12.0 Å². The number of rotatable bonds is 6. The fourth-order valence-corrected chi connectivity index (χ4v) is 1.73. The molecule has 0 fully saturated rings. The number of aryl methyl sites for hydroxylation is 1. The highest BCUT2D eigenvalue weighted by Gasteiger charge is 2.11. The Hall–Kier alpha value is -2.17. The predicted molar refractivity (Wildman–Crippen MR) is 76.0 cm³/mol. The number of carbonyl (C=O) groups is 1. The molecule has 5 heteroatoms. The minimum Gasteiger partial charge on any atom is -0.354 e. The molecule has 0 bridgehead atoms. The standard InChI is InChI=1S/C15H19N3O2/c1-3-11(2)16-13(19)9-10-14-17-15(18-20-14)12-7-5-4-6-8-12/h4-8,11H,3,9-10H2,1-2H3,(H,16,19)/t11-/m0/s1. The van der Waals surface area contributed by atoms with Crippen LogP contribution in [0.15, 0.2) is 34.9 Å². The maximum Gasteiger partial charge on any atom is 0.227 e. The normalized spacial score (nSPS) is 12.1. The predicted octanol–water partition coefficient (Wildman–Crippen LogP) is 2.58. The lowest BCUT2D eigenvalue weighted by Crippen LogP contribution is -2.32. The maximum absolute atomic E-state index is 11.7. The van der Waals surface area contributed by atoms with E-state index in [1.807, 2.05) is 44.2 Å². The summed E-state index contributed by atoms with van der Waals surface area (Å²) in [6, 6.07) is 9.82. The quantitative estimate of drug-likeness (QED) is 0.878. The van der Waals surface area contributed by atoms with Crippen LogP contribution in [-0.2, 0) is 11.2 Å². The van der Waals surface area contributed by atoms with Gasteiger partial charge in [0.2, 0.25) is 17.6 Å². The summed E-state index contributed by atoms with van der Waals surface area (Å²) >= 11 is 0. The average molecular weight is 273 g/mol. The fraction of sp³-hybridized carbons (Fsp3) is 0.400. The van der Waals surface area contributed by atoms with Crippen molar-refractivity contribution in [2.45, 2.75) is 39.2 Å². The first-order valence-corrected chi connectivity index (χ1v) is 6.86. The Morgan fingerprint density at radius 2 is 2.10 bits per heavy atom. The number of amides is 1. The number of hydrogen-bond donors (Lipinski definition) is 1. The van der Waals surface area contributed by atoms with E-state index < -0.39 is 0 Å². The van der Waals surface area contributed by atoms with Gasteiger partial charge < -0.3 is 9.84 Å². The van der Waals surface area contributed by atoms with E-state index in [-0.39, 0.29) is 11.9 Å². The van der Waals surface area contributed by atoms with E-state index >= 15 is 0 Å². The second-order valence-corrected chi connectivity index (χ2v) is 4.75. The molecule has 1 aromatic heterocycles. The Morgan fingerprint density at radius 1 is 1.35 bits per heavy atom. The number of hydrogen-bond acceptors (Lipinski definition) is 4.